The van der Waals surface area contributed by atoms with E-state index < -0.39 is 40.0 Å². The second kappa shape index (κ2) is 12.6. The summed E-state index contributed by atoms with van der Waals surface area (Å²) < 4.78 is 27.6. The van der Waals surface area contributed by atoms with Crippen molar-refractivity contribution in [1.82, 2.24) is 25.2 Å². The number of aromatic nitrogens is 1. The zero-order valence-corrected chi connectivity index (χ0v) is 21.3. The summed E-state index contributed by atoms with van der Waals surface area (Å²) >= 11 is 0. The fourth-order valence-corrected chi connectivity index (χ4v) is 5.45. The van der Waals surface area contributed by atoms with Crippen LogP contribution in [0.25, 0.3) is 0 Å². The van der Waals surface area contributed by atoms with E-state index in [1.165, 1.54) is 12.3 Å². The van der Waals surface area contributed by atoms with Gasteiger partial charge in [-0.15, -0.1) is 0 Å². The molecule has 1 aromatic heterocycles. The topological polar surface area (TPSA) is 138 Å². The first kappa shape index (κ1) is 27.3. The number of nitrogens with one attached hydrogen (secondary N) is 3. The lowest BCUT2D eigenvalue weighted by atomic mass is 10.0. The highest BCUT2D eigenvalue weighted by Gasteiger charge is 2.39. The van der Waals surface area contributed by atoms with Crippen molar-refractivity contribution in [1.29, 1.82) is 0 Å². The van der Waals surface area contributed by atoms with E-state index in [1.807, 2.05) is 44.2 Å². The van der Waals surface area contributed by atoms with E-state index in [9.17, 15) is 22.8 Å². The Kier molecular flexibility index (Phi) is 9.54. The van der Waals surface area contributed by atoms with E-state index in [4.69, 9.17) is 0 Å². The van der Waals surface area contributed by atoms with E-state index in [1.54, 1.807) is 12.1 Å². The van der Waals surface area contributed by atoms with Crippen molar-refractivity contribution >= 4 is 27.7 Å². The molecular formula is C25H33N5O5S. The van der Waals surface area contributed by atoms with Crippen molar-refractivity contribution in [3.05, 3.63) is 60.3 Å². The van der Waals surface area contributed by atoms with Crippen LogP contribution in [0.1, 0.15) is 45.1 Å². The quantitative estimate of drug-likeness (QED) is 0.468. The van der Waals surface area contributed by atoms with Crippen LogP contribution in [0, 0.1) is 5.92 Å². The molecule has 10 nitrogen and oxygen atoms in total. The van der Waals surface area contributed by atoms with Crippen molar-refractivity contribution in [2.24, 2.45) is 5.92 Å². The SMILES string of the molecule is CC(C)CC(NC(=O)NCc1ccccc1)C(=O)N[C@@H]1C(=O)CCCCN1S(=O)(=O)c1ccccn1. The minimum absolute atomic E-state index is 0.0494. The lowest BCUT2D eigenvalue weighted by Gasteiger charge is -2.30. The van der Waals surface area contributed by atoms with E-state index in [0.717, 1.165) is 9.87 Å². The Morgan fingerprint density at radius 2 is 1.81 bits per heavy atom. The van der Waals surface area contributed by atoms with Gasteiger partial charge in [0.2, 0.25) is 5.91 Å². The zero-order chi connectivity index (χ0) is 26.1. The summed E-state index contributed by atoms with van der Waals surface area (Å²) in [6.45, 7) is 4.15. The fraction of sp³-hybridized carbons (Fsp3) is 0.440. The van der Waals surface area contributed by atoms with Gasteiger partial charge in [0.15, 0.2) is 17.0 Å². The van der Waals surface area contributed by atoms with Crippen molar-refractivity contribution in [2.45, 2.75) is 63.3 Å². The Morgan fingerprint density at radius 1 is 1.08 bits per heavy atom. The minimum Gasteiger partial charge on any atom is -0.334 e. The number of carbonyl (C=O) groups excluding carboxylic acids is 3. The molecule has 11 heteroatoms. The molecular weight excluding hydrogens is 482 g/mol. The van der Waals surface area contributed by atoms with Crippen molar-refractivity contribution in [3.8, 4) is 0 Å². The minimum atomic E-state index is -4.14. The van der Waals surface area contributed by atoms with E-state index in [-0.39, 0.29) is 30.5 Å². The monoisotopic (exact) mass is 515 g/mol. The summed E-state index contributed by atoms with van der Waals surface area (Å²) in [5.41, 5.74) is 0.900. The standard InChI is InChI=1S/C25H33N5O5S/c1-18(2)16-20(28-25(33)27-17-19-10-4-3-5-11-19)24(32)29-23-21(31)12-7-9-15-30(23)36(34,35)22-13-6-8-14-26-22/h3-6,8,10-11,13-14,18,20,23H,7,9,12,15-17H2,1-2H3,(H,29,32)(H2,27,28,33)/t20?,23-/m0/s1. The van der Waals surface area contributed by atoms with Crippen LogP contribution in [0.3, 0.4) is 0 Å². The first-order valence-corrected chi connectivity index (χ1v) is 13.5. The lowest BCUT2D eigenvalue weighted by molar-refractivity contribution is -0.131. The summed E-state index contributed by atoms with van der Waals surface area (Å²) in [6.07, 6.45) is 1.40. The Balaban J connectivity index is 1.76. The summed E-state index contributed by atoms with van der Waals surface area (Å²) in [5.74, 6) is -0.981. The third kappa shape index (κ3) is 7.34. The van der Waals surface area contributed by atoms with Crippen molar-refractivity contribution in [2.75, 3.05) is 6.54 Å². The van der Waals surface area contributed by atoms with Gasteiger partial charge in [-0.3, -0.25) is 9.59 Å². The molecule has 1 aliphatic rings. The molecule has 0 saturated carbocycles. The van der Waals surface area contributed by atoms with Crippen LogP contribution < -0.4 is 16.0 Å². The van der Waals surface area contributed by atoms with E-state index in [2.05, 4.69) is 20.9 Å². The molecule has 0 radical (unpaired) electrons. The molecule has 1 aromatic carbocycles. The summed E-state index contributed by atoms with van der Waals surface area (Å²) in [4.78, 5) is 42.7. The maximum atomic E-state index is 13.3. The van der Waals surface area contributed by atoms with Crippen LogP contribution in [-0.2, 0) is 26.2 Å². The van der Waals surface area contributed by atoms with Gasteiger partial charge < -0.3 is 16.0 Å². The largest absolute Gasteiger partial charge is 0.334 e. The zero-order valence-electron chi connectivity index (χ0n) is 20.5. The van der Waals surface area contributed by atoms with Gasteiger partial charge in [-0.1, -0.05) is 50.2 Å². The van der Waals surface area contributed by atoms with Gasteiger partial charge in [-0.2, -0.15) is 4.31 Å². The normalized spacial score (nSPS) is 17.8. The molecule has 1 fully saturated rings. The molecule has 194 valence electrons. The summed E-state index contributed by atoms with van der Waals surface area (Å²) in [5, 5.41) is 7.80. The van der Waals surface area contributed by atoms with Gasteiger partial charge in [0.1, 0.15) is 6.04 Å². The molecule has 2 aromatic rings. The Morgan fingerprint density at radius 3 is 2.47 bits per heavy atom. The van der Waals surface area contributed by atoms with E-state index in [0.29, 0.717) is 19.3 Å². The molecule has 1 aliphatic heterocycles. The maximum Gasteiger partial charge on any atom is 0.315 e. The number of benzene rings is 1. The predicted octanol–water partition coefficient (Wildman–Crippen LogP) is 2.18. The van der Waals surface area contributed by atoms with Crippen LogP contribution in [-0.4, -0.2) is 54.2 Å². The van der Waals surface area contributed by atoms with Gasteiger partial charge in [-0.25, -0.2) is 18.2 Å². The summed E-state index contributed by atoms with van der Waals surface area (Å²) in [7, 11) is -4.14. The van der Waals surface area contributed by atoms with Crippen LogP contribution in [0.4, 0.5) is 4.79 Å². The Bertz CT molecular complexity index is 1140. The number of hydrogen-bond acceptors (Lipinski definition) is 6. The molecule has 36 heavy (non-hydrogen) atoms. The maximum absolute atomic E-state index is 13.3. The number of sulfonamides is 1. The number of ketones is 1. The van der Waals surface area contributed by atoms with Crippen LogP contribution in [0.2, 0.25) is 0 Å². The molecule has 3 N–H and O–H groups in total. The van der Waals surface area contributed by atoms with E-state index >= 15 is 0 Å². The molecule has 3 rings (SSSR count). The van der Waals surface area contributed by atoms with Gasteiger partial charge in [-0.05, 0) is 42.9 Å². The molecule has 2 atom stereocenters. The van der Waals surface area contributed by atoms with Crippen LogP contribution in [0.15, 0.2) is 59.8 Å². The number of urea groups is 1. The fourth-order valence-electron chi connectivity index (χ4n) is 3.95. The number of rotatable bonds is 9. The predicted molar refractivity (Wildman–Crippen MR) is 134 cm³/mol. The van der Waals surface area contributed by atoms with Gasteiger partial charge in [0.25, 0.3) is 10.0 Å². The number of pyridine rings is 1. The average Bonchev–Trinajstić information content (AvgIpc) is 3.05. The number of hydrogen-bond donors (Lipinski definition) is 3. The van der Waals surface area contributed by atoms with Gasteiger partial charge >= 0.3 is 6.03 Å². The smallest absolute Gasteiger partial charge is 0.315 e. The third-order valence-electron chi connectivity index (χ3n) is 5.76. The number of carbonyl (C=O) groups is 3. The second-order valence-corrected chi connectivity index (χ2v) is 11.0. The van der Waals surface area contributed by atoms with Gasteiger partial charge in [0, 0.05) is 25.7 Å². The lowest BCUT2D eigenvalue weighted by Crippen LogP contribution is -2.59. The Labute approximate surface area is 211 Å². The first-order valence-electron chi connectivity index (χ1n) is 12.0. The first-order chi connectivity index (χ1) is 17.2. The summed E-state index contributed by atoms with van der Waals surface area (Å²) in [6, 6.07) is 12.3. The Hall–Kier alpha value is -3.31. The average molecular weight is 516 g/mol. The highest BCUT2D eigenvalue weighted by atomic mass is 32.2. The molecule has 1 unspecified atom stereocenters. The number of Topliss-reactive ketones (excluding diaryl/α,β-unsaturated/α-hetero) is 1. The highest BCUT2D eigenvalue weighted by Crippen LogP contribution is 2.21. The molecule has 0 aliphatic carbocycles. The molecule has 3 amide bonds. The number of amides is 3. The third-order valence-corrected chi connectivity index (χ3v) is 7.54. The highest BCUT2D eigenvalue weighted by molar-refractivity contribution is 7.89. The van der Waals surface area contributed by atoms with Crippen LogP contribution >= 0.6 is 0 Å². The molecule has 1 saturated heterocycles. The van der Waals surface area contributed by atoms with Gasteiger partial charge in [0.05, 0.1) is 0 Å². The molecule has 0 bridgehead atoms. The van der Waals surface area contributed by atoms with Crippen molar-refractivity contribution in [3.63, 3.8) is 0 Å². The second-order valence-electron chi connectivity index (χ2n) is 9.11. The van der Waals surface area contributed by atoms with Crippen LogP contribution in [0.5, 0.6) is 0 Å². The number of nitrogens with zero attached hydrogens (tertiary/aromatic N) is 2. The van der Waals surface area contributed by atoms with Crippen molar-refractivity contribution < 1.29 is 22.8 Å². The molecule has 0 spiro atoms. The molecule has 2 heterocycles.